The van der Waals surface area contributed by atoms with E-state index in [1.54, 1.807) is 20.8 Å². The van der Waals surface area contributed by atoms with Crippen molar-refractivity contribution in [3.63, 3.8) is 0 Å². The van der Waals surface area contributed by atoms with Gasteiger partial charge >= 0.3 is 5.97 Å². The highest BCUT2D eigenvalue weighted by atomic mass is 16.7. The standard InChI is InChI=1S/C36H60O11/c1-18(7-10-23(38)31(2,3)45)19-11-12-33(5)21-8-9-22-34(6,30(44)47-29-28(43)27(42)26(41)20(16-37)46-29)24(39)15-25(40)36(22)17-35(21,36)14-13-32(19,33)4/h18-29,37-43,45H,7-17H2,1-6H3. The maximum Gasteiger partial charge on any atom is 0.317 e. The van der Waals surface area contributed by atoms with Crippen LogP contribution in [0.1, 0.15) is 106 Å². The average molecular weight is 669 g/mol. The number of ether oxygens (including phenoxy) is 2. The molecule has 17 unspecified atom stereocenters. The summed E-state index contributed by atoms with van der Waals surface area (Å²) in [6.07, 6.45) is -2.81. The van der Waals surface area contributed by atoms with Crippen LogP contribution in [0.5, 0.6) is 0 Å². The Morgan fingerprint density at radius 3 is 2.19 bits per heavy atom. The third-order valence-electron chi connectivity index (χ3n) is 15.8. The van der Waals surface area contributed by atoms with Crippen LogP contribution in [-0.2, 0) is 14.3 Å². The summed E-state index contributed by atoms with van der Waals surface area (Å²) in [5.74, 6) is 0.0620. The lowest BCUT2D eigenvalue weighted by atomic mass is 9.41. The van der Waals surface area contributed by atoms with E-state index in [-0.39, 0.29) is 28.6 Å². The molecule has 6 fully saturated rings. The molecule has 1 aliphatic heterocycles. The van der Waals surface area contributed by atoms with Crippen LogP contribution in [0.25, 0.3) is 0 Å². The number of aliphatic hydroxyl groups excluding tert-OH is 7. The van der Waals surface area contributed by atoms with Crippen molar-refractivity contribution < 1.29 is 55.1 Å². The van der Waals surface area contributed by atoms with E-state index in [0.717, 1.165) is 44.9 Å². The first-order valence-corrected chi connectivity index (χ1v) is 18.0. The van der Waals surface area contributed by atoms with Gasteiger partial charge in [0, 0.05) is 11.8 Å². The summed E-state index contributed by atoms with van der Waals surface area (Å²) < 4.78 is 11.2. The van der Waals surface area contributed by atoms with Gasteiger partial charge in [0.2, 0.25) is 6.29 Å². The van der Waals surface area contributed by atoms with Gasteiger partial charge in [0.1, 0.15) is 24.4 Å². The number of fused-ring (bicyclic) bond motifs is 2. The van der Waals surface area contributed by atoms with Crippen LogP contribution in [0.15, 0.2) is 0 Å². The van der Waals surface area contributed by atoms with Gasteiger partial charge in [0.15, 0.2) is 0 Å². The predicted molar refractivity (Wildman–Crippen MR) is 169 cm³/mol. The zero-order valence-electron chi connectivity index (χ0n) is 29.0. The van der Waals surface area contributed by atoms with Crippen molar-refractivity contribution in [2.45, 2.75) is 160 Å². The normalized spacial score (nSPS) is 53.6. The van der Waals surface area contributed by atoms with Crippen LogP contribution in [0.3, 0.4) is 0 Å². The summed E-state index contributed by atoms with van der Waals surface area (Å²) in [7, 11) is 0. The Morgan fingerprint density at radius 1 is 0.894 bits per heavy atom. The maximum absolute atomic E-state index is 14.1. The largest absolute Gasteiger partial charge is 0.432 e. The van der Waals surface area contributed by atoms with Crippen molar-refractivity contribution in [1.29, 1.82) is 0 Å². The first kappa shape index (κ1) is 35.9. The van der Waals surface area contributed by atoms with Gasteiger partial charge in [-0.3, -0.25) is 4.79 Å². The summed E-state index contributed by atoms with van der Waals surface area (Å²) in [5, 5.41) is 84.8. The number of hydrogen-bond acceptors (Lipinski definition) is 11. The number of esters is 1. The van der Waals surface area contributed by atoms with Gasteiger partial charge in [-0.15, -0.1) is 0 Å². The van der Waals surface area contributed by atoms with Gasteiger partial charge in [-0.05, 0) is 118 Å². The molecule has 47 heavy (non-hydrogen) atoms. The van der Waals surface area contributed by atoms with E-state index in [0.29, 0.717) is 30.6 Å². The van der Waals surface area contributed by atoms with E-state index in [9.17, 15) is 45.6 Å². The monoisotopic (exact) mass is 668 g/mol. The van der Waals surface area contributed by atoms with Crippen LogP contribution in [0, 0.1) is 50.7 Å². The first-order chi connectivity index (χ1) is 21.8. The van der Waals surface area contributed by atoms with E-state index < -0.39 is 78.0 Å². The Bertz CT molecular complexity index is 1210. The summed E-state index contributed by atoms with van der Waals surface area (Å²) in [5.41, 5.74) is -3.15. The van der Waals surface area contributed by atoms with Crippen LogP contribution < -0.4 is 0 Å². The van der Waals surface area contributed by atoms with Gasteiger partial charge in [0.25, 0.3) is 0 Å². The molecule has 270 valence electrons. The molecule has 6 aliphatic rings. The molecule has 11 heteroatoms. The van der Waals surface area contributed by atoms with Gasteiger partial charge in [-0.1, -0.05) is 20.8 Å². The molecular formula is C36H60O11. The second kappa shape index (κ2) is 11.6. The van der Waals surface area contributed by atoms with Crippen molar-refractivity contribution in [3.8, 4) is 0 Å². The highest BCUT2D eigenvalue weighted by Crippen LogP contribution is 2.89. The highest BCUT2D eigenvalue weighted by Gasteiger charge is 2.85. The van der Waals surface area contributed by atoms with Crippen LogP contribution >= 0.6 is 0 Å². The Balaban J connectivity index is 1.24. The van der Waals surface area contributed by atoms with Crippen LogP contribution in [0.4, 0.5) is 0 Å². The second-order valence-electron chi connectivity index (χ2n) is 17.9. The summed E-state index contributed by atoms with van der Waals surface area (Å²) in [6, 6.07) is 0. The molecule has 0 aromatic carbocycles. The lowest BCUT2D eigenvalue weighted by molar-refractivity contribution is -0.300. The SMILES string of the molecule is CC(CCC(O)C(C)(C)O)C1CCC2(C)C3CCC4C(C)(C(=O)OC5OC(CO)C(O)C(O)C5O)C(O)CC(O)C45CC35CCC12C. The molecule has 2 spiro atoms. The number of carbonyl (C=O) groups is 1. The molecule has 6 rings (SSSR count). The second-order valence-corrected chi connectivity index (χ2v) is 17.9. The lowest BCUT2D eigenvalue weighted by Crippen LogP contribution is -2.65. The Morgan fingerprint density at radius 2 is 1.55 bits per heavy atom. The number of aliphatic hydroxyl groups is 8. The molecule has 0 amide bonds. The summed E-state index contributed by atoms with van der Waals surface area (Å²) in [6.45, 7) is 11.5. The first-order valence-electron chi connectivity index (χ1n) is 18.0. The Hall–Kier alpha value is -0.890. The molecule has 17 atom stereocenters. The average Bonchev–Trinajstić information content (AvgIpc) is 3.62. The summed E-state index contributed by atoms with van der Waals surface area (Å²) in [4.78, 5) is 14.1. The molecule has 5 saturated carbocycles. The minimum Gasteiger partial charge on any atom is -0.432 e. The van der Waals surface area contributed by atoms with Gasteiger partial charge in [-0.2, -0.15) is 0 Å². The Labute approximate surface area is 278 Å². The summed E-state index contributed by atoms with van der Waals surface area (Å²) >= 11 is 0. The molecule has 0 aromatic rings. The molecule has 5 aliphatic carbocycles. The molecule has 0 aromatic heterocycles. The van der Waals surface area contributed by atoms with Crippen molar-refractivity contribution in [1.82, 2.24) is 0 Å². The molecule has 0 radical (unpaired) electrons. The number of rotatable bonds is 8. The highest BCUT2D eigenvalue weighted by molar-refractivity contribution is 5.78. The van der Waals surface area contributed by atoms with Crippen molar-refractivity contribution >= 4 is 5.97 Å². The predicted octanol–water partition coefficient (Wildman–Crippen LogP) is 1.63. The third-order valence-corrected chi connectivity index (χ3v) is 15.8. The van der Waals surface area contributed by atoms with E-state index in [1.165, 1.54) is 0 Å². The smallest absolute Gasteiger partial charge is 0.317 e. The van der Waals surface area contributed by atoms with E-state index in [2.05, 4.69) is 20.8 Å². The van der Waals surface area contributed by atoms with Gasteiger partial charge in [-0.25, -0.2) is 0 Å². The molecule has 8 N–H and O–H groups in total. The van der Waals surface area contributed by atoms with Crippen LogP contribution in [0.2, 0.25) is 0 Å². The molecule has 11 nitrogen and oxygen atoms in total. The van der Waals surface area contributed by atoms with Gasteiger partial charge < -0.3 is 50.3 Å². The lowest BCUT2D eigenvalue weighted by Gasteiger charge is -2.63. The molecule has 0 bridgehead atoms. The molecule has 1 saturated heterocycles. The van der Waals surface area contributed by atoms with Crippen molar-refractivity contribution in [3.05, 3.63) is 0 Å². The van der Waals surface area contributed by atoms with E-state index >= 15 is 0 Å². The zero-order valence-corrected chi connectivity index (χ0v) is 29.0. The molecular weight excluding hydrogens is 608 g/mol. The van der Waals surface area contributed by atoms with Crippen molar-refractivity contribution in [2.24, 2.45) is 50.7 Å². The zero-order chi connectivity index (χ0) is 34.7. The topological polar surface area (TPSA) is 197 Å². The molecule has 1 heterocycles. The van der Waals surface area contributed by atoms with Crippen LogP contribution in [-0.4, -0.2) is 108 Å². The quantitative estimate of drug-likeness (QED) is 0.175. The fourth-order valence-electron chi connectivity index (χ4n) is 12.7. The van der Waals surface area contributed by atoms with Gasteiger partial charge in [0.05, 0.1) is 35.9 Å². The van der Waals surface area contributed by atoms with E-state index in [4.69, 9.17) is 9.47 Å². The number of hydrogen-bond donors (Lipinski definition) is 8. The minimum absolute atomic E-state index is 0.0243. The fraction of sp³-hybridized carbons (Fsp3) is 0.972. The Kier molecular flexibility index (Phi) is 8.84. The fourth-order valence-corrected chi connectivity index (χ4v) is 12.7. The van der Waals surface area contributed by atoms with Crippen molar-refractivity contribution in [2.75, 3.05) is 6.61 Å². The third kappa shape index (κ3) is 4.80. The minimum atomic E-state index is -1.74. The number of carbonyl (C=O) groups excluding carboxylic acids is 1. The maximum atomic E-state index is 14.1. The van der Waals surface area contributed by atoms with E-state index in [1.807, 2.05) is 0 Å².